The molecule has 4 aromatic rings. The monoisotopic (exact) mass is 469 g/mol. The molecular formula is C22H19N3O5S2. The summed E-state index contributed by atoms with van der Waals surface area (Å²) in [7, 11) is 0. The van der Waals surface area contributed by atoms with Crippen LogP contribution in [0.5, 0.6) is 0 Å². The Morgan fingerprint density at radius 1 is 1.09 bits per heavy atom. The number of nitro benzene ring substituents is 1. The Labute approximate surface area is 190 Å². The van der Waals surface area contributed by atoms with Gasteiger partial charge in [0.15, 0.2) is 4.80 Å². The van der Waals surface area contributed by atoms with Crippen molar-refractivity contribution in [1.82, 2.24) is 4.57 Å². The molecule has 0 bridgehead atoms. The van der Waals surface area contributed by atoms with Gasteiger partial charge in [0.25, 0.3) is 11.6 Å². The summed E-state index contributed by atoms with van der Waals surface area (Å²) in [5.74, 6) is -0.872. The number of hydrogen-bond donors (Lipinski definition) is 0. The van der Waals surface area contributed by atoms with Crippen LogP contribution in [0.25, 0.3) is 20.3 Å². The van der Waals surface area contributed by atoms with E-state index < -0.39 is 16.8 Å². The molecule has 0 saturated carbocycles. The molecule has 8 nitrogen and oxygen atoms in total. The quantitative estimate of drug-likeness (QED) is 0.231. The van der Waals surface area contributed by atoms with Crippen molar-refractivity contribution in [3.05, 3.63) is 67.8 Å². The van der Waals surface area contributed by atoms with Crippen molar-refractivity contribution in [3.63, 3.8) is 0 Å². The standard InChI is InChI=1S/C22H19N3O5S2/c1-3-13-5-7-16-18(9-13)32-22(24(16)12-20(26)30-4-2)23-21(27)19-11-14-10-15(25(28)29)6-8-17(14)31-19/h5-11H,3-4,12H2,1-2H3. The first kappa shape index (κ1) is 21.8. The number of aryl methyl sites for hydroxylation is 1. The lowest BCUT2D eigenvalue weighted by Gasteiger charge is -2.05. The number of carbonyl (C=O) groups is 2. The van der Waals surface area contributed by atoms with Gasteiger partial charge in [-0.15, -0.1) is 11.3 Å². The highest BCUT2D eigenvalue weighted by Gasteiger charge is 2.16. The Bertz CT molecular complexity index is 1430. The van der Waals surface area contributed by atoms with E-state index in [0.29, 0.717) is 15.1 Å². The third-order valence-corrected chi connectivity index (χ3v) is 7.01. The average molecular weight is 470 g/mol. The number of esters is 1. The van der Waals surface area contributed by atoms with Crippen molar-refractivity contribution in [1.29, 1.82) is 0 Å². The summed E-state index contributed by atoms with van der Waals surface area (Å²) in [5.41, 5.74) is 1.92. The van der Waals surface area contributed by atoms with E-state index in [4.69, 9.17) is 4.74 Å². The first-order chi connectivity index (χ1) is 15.4. The molecule has 0 spiro atoms. The van der Waals surface area contributed by atoms with Crippen LogP contribution in [0.15, 0.2) is 47.5 Å². The molecule has 0 saturated heterocycles. The van der Waals surface area contributed by atoms with E-state index >= 15 is 0 Å². The maximum Gasteiger partial charge on any atom is 0.326 e. The Balaban J connectivity index is 1.79. The van der Waals surface area contributed by atoms with Gasteiger partial charge in [-0.25, -0.2) is 0 Å². The van der Waals surface area contributed by atoms with Gasteiger partial charge in [-0.1, -0.05) is 24.3 Å². The maximum absolute atomic E-state index is 13.0. The number of ether oxygens (including phenoxy) is 1. The Kier molecular flexibility index (Phi) is 6.15. The molecule has 0 atom stereocenters. The van der Waals surface area contributed by atoms with Crippen molar-refractivity contribution >= 4 is 60.5 Å². The lowest BCUT2D eigenvalue weighted by atomic mass is 10.2. The number of amides is 1. The van der Waals surface area contributed by atoms with Gasteiger partial charge in [-0.3, -0.25) is 19.7 Å². The Morgan fingerprint density at radius 2 is 1.91 bits per heavy atom. The Hall–Kier alpha value is -3.37. The molecule has 0 fully saturated rings. The minimum absolute atomic E-state index is 0.0326. The van der Waals surface area contributed by atoms with E-state index in [0.717, 1.165) is 26.9 Å². The van der Waals surface area contributed by atoms with Crippen LogP contribution in [0.3, 0.4) is 0 Å². The number of non-ortho nitro benzene ring substituents is 1. The van der Waals surface area contributed by atoms with Gasteiger partial charge in [0.05, 0.1) is 26.6 Å². The van der Waals surface area contributed by atoms with Crippen LogP contribution in [0, 0.1) is 10.1 Å². The van der Waals surface area contributed by atoms with E-state index in [9.17, 15) is 19.7 Å². The molecule has 1 amide bonds. The molecule has 0 aliphatic heterocycles. The van der Waals surface area contributed by atoms with Crippen LogP contribution in [-0.4, -0.2) is 28.0 Å². The minimum Gasteiger partial charge on any atom is -0.465 e. The molecule has 2 aromatic carbocycles. The van der Waals surface area contributed by atoms with Gasteiger partial charge in [0, 0.05) is 22.2 Å². The van der Waals surface area contributed by atoms with E-state index in [-0.39, 0.29) is 18.8 Å². The summed E-state index contributed by atoms with van der Waals surface area (Å²) in [5, 5.41) is 11.6. The molecule has 10 heteroatoms. The third kappa shape index (κ3) is 4.32. The minimum atomic E-state index is -0.469. The normalized spacial score (nSPS) is 11.9. The summed E-state index contributed by atoms with van der Waals surface area (Å²) in [6, 6.07) is 12.0. The van der Waals surface area contributed by atoms with Crippen molar-refractivity contribution < 1.29 is 19.2 Å². The summed E-state index contributed by atoms with van der Waals surface area (Å²) < 4.78 is 8.46. The number of benzene rings is 2. The van der Waals surface area contributed by atoms with Gasteiger partial charge in [0.1, 0.15) is 6.54 Å². The number of rotatable bonds is 6. The number of nitro groups is 1. The van der Waals surface area contributed by atoms with Gasteiger partial charge >= 0.3 is 5.97 Å². The first-order valence-corrected chi connectivity index (χ1v) is 11.6. The van der Waals surface area contributed by atoms with Gasteiger partial charge < -0.3 is 9.30 Å². The van der Waals surface area contributed by atoms with Gasteiger partial charge in [0.2, 0.25) is 0 Å². The average Bonchev–Trinajstić information content (AvgIpc) is 3.34. The molecule has 164 valence electrons. The van der Waals surface area contributed by atoms with Crippen LogP contribution < -0.4 is 4.80 Å². The highest BCUT2D eigenvalue weighted by Crippen LogP contribution is 2.29. The second-order valence-electron chi connectivity index (χ2n) is 6.94. The lowest BCUT2D eigenvalue weighted by molar-refractivity contribution is -0.384. The maximum atomic E-state index is 13.0. The number of aromatic nitrogens is 1. The highest BCUT2D eigenvalue weighted by molar-refractivity contribution is 7.21. The fourth-order valence-electron chi connectivity index (χ4n) is 3.30. The SMILES string of the molecule is CCOC(=O)Cn1c(=NC(=O)c2cc3cc([N+](=O)[O-])ccc3s2)sc2cc(CC)ccc21. The van der Waals surface area contributed by atoms with E-state index in [2.05, 4.69) is 11.9 Å². The van der Waals surface area contributed by atoms with Crippen molar-refractivity contribution in [2.24, 2.45) is 4.99 Å². The van der Waals surface area contributed by atoms with Crippen molar-refractivity contribution in [2.75, 3.05) is 6.61 Å². The summed E-state index contributed by atoms with van der Waals surface area (Å²) in [6.07, 6.45) is 0.866. The van der Waals surface area contributed by atoms with Crippen LogP contribution in [0.1, 0.15) is 29.1 Å². The van der Waals surface area contributed by atoms with Crippen molar-refractivity contribution in [2.45, 2.75) is 26.8 Å². The lowest BCUT2D eigenvalue weighted by Crippen LogP contribution is -2.23. The number of thiophene rings is 1. The fraction of sp³-hybridized carbons (Fsp3) is 0.227. The number of fused-ring (bicyclic) bond motifs is 2. The van der Waals surface area contributed by atoms with Gasteiger partial charge in [-0.05, 0) is 43.2 Å². The van der Waals surface area contributed by atoms with Crippen molar-refractivity contribution in [3.8, 4) is 0 Å². The molecule has 2 aromatic heterocycles. The smallest absolute Gasteiger partial charge is 0.326 e. The van der Waals surface area contributed by atoms with E-state index in [1.54, 1.807) is 23.6 Å². The number of thiazole rings is 1. The highest BCUT2D eigenvalue weighted by atomic mass is 32.1. The fourth-order valence-corrected chi connectivity index (χ4v) is 5.32. The molecule has 0 N–H and O–H groups in total. The van der Waals surface area contributed by atoms with Crippen LogP contribution in [0.2, 0.25) is 0 Å². The second-order valence-corrected chi connectivity index (χ2v) is 9.03. The first-order valence-electron chi connectivity index (χ1n) is 9.94. The molecule has 0 radical (unpaired) electrons. The molecule has 0 aliphatic rings. The number of nitrogens with zero attached hydrogens (tertiary/aromatic N) is 3. The number of hydrogen-bond acceptors (Lipinski definition) is 7. The zero-order chi connectivity index (χ0) is 22.8. The molecule has 32 heavy (non-hydrogen) atoms. The van der Waals surface area contributed by atoms with Gasteiger partial charge in [-0.2, -0.15) is 4.99 Å². The molecule has 2 heterocycles. The van der Waals surface area contributed by atoms with Crippen LogP contribution >= 0.6 is 22.7 Å². The summed E-state index contributed by atoms with van der Waals surface area (Å²) in [4.78, 5) is 40.7. The molecule has 0 aliphatic carbocycles. The van der Waals surface area contributed by atoms with E-state index in [1.807, 2.05) is 18.2 Å². The topological polar surface area (TPSA) is 104 Å². The number of carbonyl (C=O) groups excluding carboxylic acids is 2. The zero-order valence-corrected chi connectivity index (χ0v) is 19.0. The largest absolute Gasteiger partial charge is 0.465 e. The third-order valence-electron chi connectivity index (χ3n) is 4.87. The van der Waals surface area contributed by atoms with Crippen LogP contribution in [-0.2, 0) is 22.5 Å². The predicted octanol–water partition coefficient (Wildman–Crippen LogP) is 4.69. The molecule has 0 unspecified atom stereocenters. The molecule has 4 rings (SSSR count). The summed E-state index contributed by atoms with van der Waals surface area (Å²) >= 11 is 2.56. The van der Waals surface area contributed by atoms with E-state index in [1.165, 1.54) is 34.8 Å². The predicted molar refractivity (Wildman–Crippen MR) is 124 cm³/mol. The second kappa shape index (κ2) is 9.01. The Morgan fingerprint density at radius 3 is 2.62 bits per heavy atom. The molecular weight excluding hydrogens is 450 g/mol. The van der Waals surface area contributed by atoms with Crippen LogP contribution in [0.4, 0.5) is 5.69 Å². The summed E-state index contributed by atoms with van der Waals surface area (Å²) in [6.45, 7) is 4.01. The zero-order valence-electron chi connectivity index (χ0n) is 17.4.